The fourth-order valence-corrected chi connectivity index (χ4v) is 2.90. The van der Waals surface area contributed by atoms with Crippen LogP contribution in [0, 0.1) is 5.92 Å². The lowest BCUT2D eigenvalue weighted by Gasteiger charge is -2.11. The fourth-order valence-electron chi connectivity index (χ4n) is 2.74. The number of ether oxygens (including phenoxy) is 2. The molecule has 182 valence electrons. The summed E-state index contributed by atoms with van der Waals surface area (Å²) in [5.74, 6) is -0.109. The number of carbonyl (C=O) groups is 3. The Labute approximate surface area is 205 Å². The van der Waals surface area contributed by atoms with Crippen LogP contribution in [0.1, 0.15) is 49.0 Å². The van der Waals surface area contributed by atoms with Gasteiger partial charge >= 0.3 is 5.97 Å². The van der Waals surface area contributed by atoms with E-state index in [1.165, 1.54) is 0 Å². The van der Waals surface area contributed by atoms with Crippen molar-refractivity contribution in [2.75, 3.05) is 13.2 Å². The van der Waals surface area contributed by atoms with Crippen LogP contribution in [-0.4, -0.2) is 36.1 Å². The molecule has 0 aromatic heterocycles. The number of rotatable bonds is 11. The Morgan fingerprint density at radius 1 is 0.912 bits per heavy atom. The third-order valence-electron chi connectivity index (χ3n) is 4.68. The lowest BCUT2D eigenvalue weighted by atomic mass is 10.1. The second kappa shape index (κ2) is 14.6. The number of benzene rings is 2. The first kappa shape index (κ1) is 26.8. The topological polar surface area (TPSA) is 106 Å². The van der Waals surface area contributed by atoms with Crippen molar-refractivity contribution in [2.24, 2.45) is 5.92 Å². The molecule has 0 aliphatic heterocycles. The first-order chi connectivity index (χ1) is 16.3. The molecule has 0 saturated heterocycles. The summed E-state index contributed by atoms with van der Waals surface area (Å²) in [4.78, 5) is 36.0. The first-order valence-corrected chi connectivity index (χ1v) is 11.6. The largest absolute Gasteiger partial charge is 0.494 e. The summed E-state index contributed by atoms with van der Waals surface area (Å²) in [5, 5.41) is 2.33. The average molecular weight is 486 g/mol. The van der Waals surface area contributed by atoms with Gasteiger partial charge < -0.3 is 14.8 Å². The molecule has 2 aromatic carbocycles. The van der Waals surface area contributed by atoms with Gasteiger partial charge in [0.25, 0.3) is 5.91 Å². The molecule has 0 radical (unpaired) electrons. The quantitative estimate of drug-likeness (QED) is 0.255. The van der Waals surface area contributed by atoms with Crippen molar-refractivity contribution in [3.63, 3.8) is 0 Å². The number of hydrogen-bond acceptors (Lipinski definition) is 6. The molecule has 0 bridgehead atoms. The molecule has 0 aliphatic rings. The number of thiocarbonyl (C=S) groups is 1. The van der Waals surface area contributed by atoms with Gasteiger partial charge in [-0.15, -0.1) is 0 Å². The summed E-state index contributed by atoms with van der Waals surface area (Å²) >= 11 is 5.00. The van der Waals surface area contributed by atoms with E-state index in [0.29, 0.717) is 30.3 Å². The molecule has 8 nitrogen and oxygen atoms in total. The molecule has 0 unspecified atom stereocenters. The van der Waals surface area contributed by atoms with Gasteiger partial charge in [0.15, 0.2) is 5.11 Å². The van der Waals surface area contributed by atoms with E-state index in [4.69, 9.17) is 21.7 Å². The maximum atomic E-state index is 12.2. The zero-order chi connectivity index (χ0) is 24.8. The van der Waals surface area contributed by atoms with Gasteiger partial charge in [0.2, 0.25) is 5.91 Å². The molecule has 2 rings (SSSR count). The highest BCUT2D eigenvalue weighted by Gasteiger charge is 2.11. The lowest BCUT2D eigenvalue weighted by Crippen LogP contribution is -2.48. The predicted molar refractivity (Wildman–Crippen MR) is 133 cm³/mol. The molecule has 34 heavy (non-hydrogen) atoms. The van der Waals surface area contributed by atoms with Crippen molar-refractivity contribution >= 4 is 35.1 Å². The summed E-state index contributed by atoms with van der Waals surface area (Å²) in [6, 6.07) is 16.4. The Morgan fingerprint density at radius 3 is 2.29 bits per heavy atom. The van der Waals surface area contributed by atoms with Crippen LogP contribution < -0.4 is 20.9 Å². The Hall–Kier alpha value is -3.46. The van der Waals surface area contributed by atoms with Crippen LogP contribution in [0.5, 0.6) is 5.75 Å². The van der Waals surface area contributed by atoms with E-state index >= 15 is 0 Å². The summed E-state index contributed by atoms with van der Waals surface area (Å²) in [6.07, 6.45) is 1.41. The van der Waals surface area contributed by atoms with Crippen LogP contribution in [-0.2, 0) is 20.7 Å². The first-order valence-electron chi connectivity index (χ1n) is 11.2. The SMILES string of the molecule is CC(C)CCOc1ccc(C(=O)NNC(=S)NC(=O)CCC(=O)OCCc2ccccc2)cc1. The third-order valence-corrected chi connectivity index (χ3v) is 4.88. The molecule has 9 heteroatoms. The summed E-state index contributed by atoms with van der Waals surface area (Å²) in [6.45, 7) is 5.11. The number of nitrogens with one attached hydrogen (secondary N) is 3. The zero-order valence-electron chi connectivity index (χ0n) is 19.5. The van der Waals surface area contributed by atoms with Crippen LogP contribution in [0.15, 0.2) is 54.6 Å². The van der Waals surface area contributed by atoms with E-state index in [2.05, 4.69) is 30.0 Å². The van der Waals surface area contributed by atoms with Gasteiger partial charge in [-0.05, 0) is 54.4 Å². The third kappa shape index (κ3) is 10.9. The fraction of sp³-hybridized carbons (Fsp3) is 0.360. The van der Waals surface area contributed by atoms with Crippen molar-refractivity contribution in [2.45, 2.75) is 39.5 Å². The molecule has 0 heterocycles. The van der Waals surface area contributed by atoms with Gasteiger partial charge in [0, 0.05) is 18.4 Å². The average Bonchev–Trinajstić information content (AvgIpc) is 2.82. The van der Waals surface area contributed by atoms with E-state index in [1.807, 2.05) is 30.3 Å². The minimum Gasteiger partial charge on any atom is -0.494 e. The maximum absolute atomic E-state index is 12.2. The number of esters is 1. The molecule has 3 N–H and O–H groups in total. The number of amides is 2. The van der Waals surface area contributed by atoms with Gasteiger partial charge in [0.1, 0.15) is 5.75 Å². The predicted octanol–water partition coefficient (Wildman–Crippen LogP) is 3.31. The van der Waals surface area contributed by atoms with E-state index < -0.39 is 17.8 Å². The zero-order valence-corrected chi connectivity index (χ0v) is 20.3. The van der Waals surface area contributed by atoms with E-state index in [-0.39, 0.29) is 24.6 Å². The molecular weight excluding hydrogens is 454 g/mol. The van der Waals surface area contributed by atoms with Crippen molar-refractivity contribution in [3.8, 4) is 5.75 Å². The van der Waals surface area contributed by atoms with Crippen molar-refractivity contribution in [3.05, 3.63) is 65.7 Å². The Balaban J connectivity index is 1.60. The minimum absolute atomic E-state index is 0.0683. The van der Waals surface area contributed by atoms with E-state index in [9.17, 15) is 14.4 Å². The number of hydrogen-bond donors (Lipinski definition) is 3. The molecule has 0 fully saturated rings. The molecular formula is C25H31N3O5S. The summed E-state index contributed by atoms with van der Waals surface area (Å²) in [5.41, 5.74) is 6.34. The summed E-state index contributed by atoms with van der Waals surface area (Å²) in [7, 11) is 0. The highest BCUT2D eigenvalue weighted by atomic mass is 32.1. The van der Waals surface area contributed by atoms with Crippen LogP contribution >= 0.6 is 12.2 Å². The van der Waals surface area contributed by atoms with Crippen LogP contribution in [0.4, 0.5) is 0 Å². The summed E-state index contributed by atoms with van der Waals surface area (Å²) < 4.78 is 10.8. The van der Waals surface area contributed by atoms with Crippen molar-refractivity contribution in [1.82, 2.24) is 16.2 Å². The molecule has 0 atom stereocenters. The number of hydrazine groups is 1. The van der Waals surface area contributed by atoms with E-state index in [1.54, 1.807) is 24.3 Å². The van der Waals surface area contributed by atoms with Gasteiger partial charge in [-0.3, -0.25) is 25.2 Å². The monoisotopic (exact) mass is 485 g/mol. The van der Waals surface area contributed by atoms with Gasteiger partial charge in [-0.25, -0.2) is 0 Å². The van der Waals surface area contributed by atoms with Crippen LogP contribution in [0.2, 0.25) is 0 Å². The Morgan fingerprint density at radius 2 is 1.62 bits per heavy atom. The van der Waals surface area contributed by atoms with Crippen LogP contribution in [0.25, 0.3) is 0 Å². The molecule has 0 saturated carbocycles. The van der Waals surface area contributed by atoms with Crippen molar-refractivity contribution < 1.29 is 23.9 Å². The van der Waals surface area contributed by atoms with E-state index in [0.717, 1.165) is 12.0 Å². The molecule has 0 spiro atoms. The highest BCUT2D eigenvalue weighted by molar-refractivity contribution is 7.80. The second-order valence-electron chi connectivity index (χ2n) is 7.97. The smallest absolute Gasteiger partial charge is 0.306 e. The van der Waals surface area contributed by atoms with Gasteiger partial charge in [-0.2, -0.15) is 0 Å². The molecule has 2 amide bonds. The van der Waals surface area contributed by atoms with Gasteiger partial charge in [-0.1, -0.05) is 44.2 Å². The maximum Gasteiger partial charge on any atom is 0.306 e. The van der Waals surface area contributed by atoms with Crippen LogP contribution in [0.3, 0.4) is 0 Å². The number of carbonyl (C=O) groups excluding carboxylic acids is 3. The molecule has 0 aliphatic carbocycles. The second-order valence-corrected chi connectivity index (χ2v) is 8.38. The molecule has 2 aromatic rings. The minimum atomic E-state index is -0.463. The lowest BCUT2D eigenvalue weighted by molar-refractivity contribution is -0.144. The Kier molecular flexibility index (Phi) is 11.5. The van der Waals surface area contributed by atoms with Crippen molar-refractivity contribution in [1.29, 1.82) is 0 Å². The highest BCUT2D eigenvalue weighted by Crippen LogP contribution is 2.13. The van der Waals surface area contributed by atoms with Gasteiger partial charge in [0.05, 0.1) is 19.6 Å². The Bertz CT molecular complexity index is 949. The normalized spacial score (nSPS) is 10.3. The standard InChI is InChI=1S/C25H31N3O5S/c1-18(2)14-16-32-21-10-8-20(9-11-21)24(31)27-28-25(34)26-22(29)12-13-23(30)33-17-15-19-6-4-3-5-7-19/h3-11,18H,12-17H2,1-2H3,(H,27,31)(H2,26,28,29,34).